The summed E-state index contributed by atoms with van der Waals surface area (Å²) in [6.07, 6.45) is -0.0531. The summed E-state index contributed by atoms with van der Waals surface area (Å²) in [7, 11) is 1.59. The van der Waals surface area contributed by atoms with Crippen LogP contribution in [-0.4, -0.2) is 39.3 Å². The number of hydrogen-bond donors (Lipinski definition) is 0. The molecule has 0 amide bonds. The van der Waals surface area contributed by atoms with Crippen molar-refractivity contribution < 1.29 is 27.2 Å². The van der Waals surface area contributed by atoms with Crippen molar-refractivity contribution >= 4 is 16.8 Å². The molecule has 3 rings (SSSR count). The summed E-state index contributed by atoms with van der Waals surface area (Å²) in [5.74, 6) is 1.40. The predicted molar refractivity (Wildman–Crippen MR) is 106 cm³/mol. The van der Waals surface area contributed by atoms with Gasteiger partial charge in [-0.25, -0.2) is 4.98 Å². The Morgan fingerprint density at radius 2 is 2.03 bits per heavy atom. The second-order valence-electron chi connectivity index (χ2n) is 6.12. The Balaban J connectivity index is 1.63. The molecule has 0 spiro atoms. The molecular weight excluding hydrogens is 421 g/mol. The molecule has 0 N–H and O–H groups in total. The molecule has 0 bridgehead atoms. The van der Waals surface area contributed by atoms with Gasteiger partial charge in [-0.15, -0.1) is 11.8 Å². The molecule has 11 heteroatoms. The smallest absolute Gasteiger partial charge is 0.406 e. The fraction of sp³-hybridized carbons (Fsp3) is 0.316. The maximum atomic E-state index is 12.6. The number of nitrogens with zero attached hydrogens (tertiary/aromatic N) is 4. The van der Waals surface area contributed by atoms with Crippen LogP contribution in [0.25, 0.3) is 0 Å². The molecule has 1 aromatic carbocycles. The summed E-state index contributed by atoms with van der Waals surface area (Å²) in [6.45, 7) is -0.800. The lowest BCUT2D eigenvalue weighted by Gasteiger charge is -2.09. The molecule has 0 aliphatic rings. The molecule has 0 radical (unpaired) electrons. The summed E-state index contributed by atoms with van der Waals surface area (Å²) in [4.78, 5) is 8.12. The van der Waals surface area contributed by atoms with E-state index in [1.165, 1.54) is 18.0 Å². The van der Waals surface area contributed by atoms with Crippen LogP contribution in [0.2, 0.25) is 0 Å². The first-order valence-corrected chi connectivity index (χ1v) is 9.97. The van der Waals surface area contributed by atoms with Crippen LogP contribution in [0.3, 0.4) is 0 Å². The van der Waals surface area contributed by atoms with Crippen LogP contribution in [-0.2, 0) is 19.7 Å². The Morgan fingerprint density at radius 3 is 2.70 bits per heavy atom. The van der Waals surface area contributed by atoms with Gasteiger partial charge in [-0.2, -0.15) is 13.2 Å². The zero-order valence-electron chi connectivity index (χ0n) is 16.2. The predicted octanol–water partition coefficient (Wildman–Crippen LogP) is 4.33. The number of alkyl halides is 3. The largest absolute Gasteiger partial charge is 0.497 e. The Labute approximate surface area is 174 Å². The summed E-state index contributed by atoms with van der Waals surface area (Å²) in [5, 5.41) is 4.35. The molecule has 3 aromatic rings. The first-order valence-electron chi connectivity index (χ1n) is 8.75. The molecule has 0 aliphatic carbocycles. The summed E-state index contributed by atoms with van der Waals surface area (Å²) >= 11 is 1.29. The van der Waals surface area contributed by atoms with E-state index in [1.54, 1.807) is 19.4 Å². The van der Waals surface area contributed by atoms with Crippen LogP contribution in [0.4, 0.5) is 13.2 Å². The standard InChI is InChI=1S/C19H19F3N4O3S/c1-27-15-5-3-13(4-6-15)10-28-17-7-16(29-25-17)18(30-2)24-9-14-8-23-12-26(14)11-19(20,21)22/h3-8,12H,9-11H2,1-2H3. The Kier molecular flexibility index (Phi) is 7.03. The number of aromatic nitrogens is 3. The topological polar surface area (TPSA) is 74.7 Å². The number of rotatable bonds is 8. The molecule has 30 heavy (non-hydrogen) atoms. The quantitative estimate of drug-likeness (QED) is 0.383. The zero-order valence-corrected chi connectivity index (χ0v) is 17.0. The maximum absolute atomic E-state index is 12.6. The van der Waals surface area contributed by atoms with E-state index in [9.17, 15) is 13.2 Å². The molecule has 0 unspecified atom stereocenters. The third kappa shape index (κ3) is 6.02. The average molecular weight is 440 g/mol. The minimum absolute atomic E-state index is 0.0228. The number of hydrogen-bond acceptors (Lipinski definition) is 7. The fourth-order valence-corrected chi connectivity index (χ4v) is 3.01. The number of aliphatic imine (C=N–C) groups is 1. The van der Waals surface area contributed by atoms with Gasteiger partial charge in [0.25, 0.3) is 5.88 Å². The molecule has 0 fully saturated rings. The third-order valence-electron chi connectivity index (χ3n) is 3.97. The van der Waals surface area contributed by atoms with Crippen molar-refractivity contribution in [1.82, 2.24) is 14.7 Å². The number of benzene rings is 1. The van der Waals surface area contributed by atoms with Crippen LogP contribution < -0.4 is 9.47 Å². The van der Waals surface area contributed by atoms with E-state index in [0.29, 0.717) is 23.1 Å². The number of thioether (sulfide) groups is 1. The van der Waals surface area contributed by atoms with Gasteiger partial charge in [0.1, 0.15) is 23.9 Å². The summed E-state index contributed by atoms with van der Waals surface area (Å²) < 4.78 is 54.9. The summed E-state index contributed by atoms with van der Waals surface area (Å²) in [6, 6.07) is 8.99. The van der Waals surface area contributed by atoms with E-state index in [0.717, 1.165) is 22.2 Å². The van der Waals surface area contributed by atoms with Crippen molar-refractivity contribution in [2.75, 3.05) is 13.4 Å². The van der Waals surface area contributed by atoms with Gasteiger partial charge < -0.3 is 18.6 Å². The van der Waals surface area contributed by atoms with Crippen LogP contribution in [0.15, 0.2) is 52.4 Å². The number of halogens is 3. The van der Waals surface area contributed by atoms with Crippen molar-refractivity contribution in [2.24, 2.45) is 4.99 Å². The molecule has 7 nitrogen and oxygen atoms in total. The fourth-order valence-electron chi connectivity index (χ4n) is 2.52. The SMILES string of the molecule is COc1ccc(COc2cc(C(=NCc3cncn3CC(F)(F)F)SC)on2)cc1. The number of ether oxygens (including phenoxy) is 2. The van der Waals surface area contributed by atoms with Gasteiger partial charge in [0.05, 0.1) is 37.9 Å². The van der Waals surface area contributed by atoms with Gasteiger partial charge >= 0.3 is 6.18 Å². The van der Waals surface area contributed by atoms with E-state index in [1.807, 2.05) is 24.3 Å². The average Bonchev–Trinajstić information content (AvgIpc) is 3.36. The minimum atomic E-state index is -4.33. The monoisotopic (exact) mass is 440 g/mol. The van der Waals surface area contributed by atoms with E-state index >= 15 is 0 Å². The summed E-state index contributed by atoms with van der Waals surface area (Å²) in [5.41, 5.74) is 1.27. The molecule has 2 aromatic heterocycles. The van der Waals surface area contributed by atoms with E-state index in [4.69, 9.17) is 14.0 Å². The van der Waals surface area contributed by atoms with Gasteiger partial charge in [0.15, 0.2) is 5.76 Å². The first kappa shape index (κ1) is 21.8. The van der Waals surface area contributed by atoms with Crippen molar-refractivity contribution in [1.29, 1.82) is 0 Å². The second-order valence-corrected chi connectivity index (χ2v) is 6.91. The molecule has 0 saturated heterocycles. The molecule has 0 atom stereocenters. The van der Waals surface area contributed by atoms with Gasteiger partial charge in [0, 0.05) is 0 Å². The highest BCUT2D eigenvalue weighted by Gasteiger charge is 2.28. The van der Waals surface area contributed by atoms with Crippen LogP contribution in [0.1, 0.15) is 17.0 Å². The van der Waals surface area contributed by atoms with Gasteiger partial charge in [0.2, 0.25) is 0 Å². The van der Waals surface area contributed by atoms with Crippen molar-refractivity contribution in [3.63, 3.8) is 0 Å². The highest BCUT2D eigenvalue weighted by Crippen LogP contribution is 2.21. The molecular formula is C19H19F3N4O3S. The highest BCUT2D eigenvalue weighted by atomic mass is 32.2. The Bertz CT molecular complexity index is 984. The highest BCUT2D eigenvalue weighted by molar-refractivity contribution is 8.13. The van der Waals surface area contributed by atoms with Crippen LogP contribution in [0.5, 0.6) is 11.6 Å². The second kappa shape index (κ2) is 9.70. The van der Waals surface area contributed by atoms with Crippen LogP contribution in [0, 0.1) is 0 Å². The van der Waals surface area contributed by atoms with Crippen molar-refractivity contribution in [3.8, 4) is 11.6 Å². The molecule has 160 valence electrons. The van der Waals surface area contributed by atoms with Crippen molar-refractivity contribution in [3.05, 3.63) is 59.9 Å². The zero-order chi connectivity index (χ0) is 21.6. The Morgan fingerprint density at radius 1 is 1.27 bits per heavy atom. The molecule has 0 aliphatic heterocycles. The molecule has 0 saturated carbocycles. The van der Waals surface area contributed by atoms with E-state index < -0.39 is 12.7 Å². The lowest BCUT2D eigenvalue weighted by molar-refractivity contribution is -0.141. The number of methoxy groups -OCH3 is 1. The lowest BCUT2D eigenvalue weighted by Crippen LogP contribution is -2.18. The van der Waals surface area contributed by atoms with Crippen LogP contribution >= 0.6 is 11.8 Å². The van der Waals surface area contributed by atoms with E-state index in [2.05, 4.69) is 15.1 Å². The lowest BCUT2D eigenvalue weighted by atomic mass is 10.2. The van der Waals surface area contributed by atoms with Gasteiger partial charge in [-0.05, 0) is 29.1 Å². The van der Waals surface area contributed by atoms with E-state index in [-0.39, 0.29) is 12.4 Å². The molecule has 2 heterocycles. The number of imidazole rings is 1. The first-order chi connectivity index (χ1) is 14.4. The Hall–Kier alpha value is -2.95. The van der Waals surface area contributed by atoms with Crippen molar-refractivity contribution in [2.45, 2.75) is 25.9 Å². The van der Waals surface area contributed by atoms with Gasteiger partial charge in [-0.3, -0.25) is 4.99 Å². The van der Waals surface area contributed by atoms with Gasteiger partial charge in [-0.1, -0.05) is 12.1 Å². The minimum Gasteiger partial charge on any atom is -0.497 e. The maximum Gasteiger partial charge on any atom is 0.406 e. The third-order valence-corrected chi connectivity index (χ3v) is 4.69. The normalized spacial score (nSPS) is 12.2.